The first-order chi connectivity index (χ1) is 7.34. The highest BCUT2D eigenvalue weighted by Gasteiger charge is 2.57. The third kappa shape index (κ3) is 1.97. The van der Waals surface area contributed by atoms with Gasteiger partial charge in [0.05, 0.1) is 0 Å². The molecule has 1 N–H and O–H groups in total. The molecule has 0 bridgehead atoms. The predicted octanol–water partition coefficient (Wildman–Crippen LogP) is 3.26. The lowest BCUT2D eigenvalue weighted by atomic mass is 9.82. The van der Waals surface area contributed by atoms with E-state index in [1.165, 1.54) is 31.2 Å². The summed E-state index contributed by atoms with van der Waals surface area (Å²) >= 11 is 0. The van der Waals surface area contributed by atoms with Gasteiger partial charge in [-0.2, -0.15) is 13.2 Å². The maximum Gasteiger partial charge on any atom is 0.422 e. The monoisotopic (exact) mass is 230 g/mol. The fraction of sp³-hybridized carbons (Fsp3) is 0.333. The van der Waals surface area contributed by atoms with E-state index in [0.29, 0.717) is 0 Å². The molecule has 0 radical (unpaired) electrons. The smallest absolute Gasteiger partial charge is 0.376 e. The van der Waals surface area contributed by atoms with E-state index < -0.39 is 17.7 Å². The minimum atomic E-state index is -4.73. The topological polar surface area (TPSA) is 20.2 Å². The van der Waals surface area contributed by atoms with Gasteiger partial charge in [0, 0.05) is 5.92 Å². The molecule has 4 heteroatoms. The van der Waals surface area contributed by atoms with Crippen LogP contribution in [0, 0.1) is 5.92 Å². The first kappa shape index (κ1) is 12.8. The van der Waals surface area contributed by atoms with Gasteiger partial charge in [-0.15, -0.1) is 6.58 Å². The van der Waals surface area contributed by atoms with Gasteiger partial charge in [0.15, 0.2) is 5.60 Å². The Labute approximate surface area is 92.2 Å². The minimum Gasteiger partial charge on any atom is -0.376 e. The Kier molecular flexibility index (Phi) is 3.43. The fourth-order valence-electron chi connectivity index (χ4n) is 1.55. The quantitative estimate of drug-likeness (QED) is 0.790. The van der Waals surface area contributed by atoms with Gasteiger partial charge in [0.25, 0.3) is 0 Å². The van der Waals surface area contributed by atoms with Crippen molar-refractivity contribution in [1.82, 2.24) is 0 Å². The van der Waals surface area contributed by atoms with Crippen LogP contribution >= 0.6 is 0 Å². The Hall–Kier alpha value is -1.29. The second-order valence-corrected chi connectivity index (χ2v) is 3.65. The highest BCUT2D eigenvalue weighted by atomic mass is 19.4. The van der Waals surface area contributed by atoms with E-state index >= 15 is 0 Å². The predicted molar refractivity (Wildman–Crippen MR) is 55.8 cm³/mol. The fourth-order valence-corrected chi connectivity index (χ4v) is 1.55. The lowest BCUT2D eigenvalue weighted by Crippen LogP contribution is -2.46. The average molecular weight is 230 g/mol. The van der Waals surface area contributed by atoms with Gasteiger partial charge in [-0.3, -0.25) is 0 Å². The zero-order valence-corrected chi connectivity index (χ0v) is 8.83. The van der Waals surface area contributed by atoms with Gasteiger partial charge in [-0.1, -0.05) is 43.3 Å². The Bertz CT molecular complexity index is 358. The lowest BCUT2D eigenvalue weighted by molar-refractivity contribution is -0.279. The number of benzene rings is 1. The minimum absolute atomic E-state index is 0.171. The molecule has 2 atom stereocenters. The molecule has 0 aliphatic rings. The number of aliphatic hydroxyl groups is 1. The third-order valence-electron chi connectivity index (χ3n) is 2.66. The van der Waals surface area contributed by atoms with Crippen LogP contribution in [-0.4, -0.2) is 11.3 Å². The summed E-state index contributed by atoms with van der Waals surface area (Å²) in [5.74, 6) is -1.12. The number of halogens is 3. The van der Waals surface area contributed by atoms with Crippen molar-refractivity contribution in [3.8, 4) is 0 Å². The van der Waals surface area contributed by atoms with Crippen molar-refractivity contribution in [3.05, 3.63) is 48.6 Å². The van der Waals surface area contributed by atoms with Gasteiger partial charge in [0.2, 0.25) is 0 Å². The maximum absolute atomic E-state index is 12.9. The SMILES string of the molecule is C=C[C@H](C)[C@@](O)(c1ccccc1)C(F)(F)F. The van der Waals surface area contributed by atoms with Gasteiger partial charge < -0.3 is 5.11 Å². The Balaban J connectivity index is 3.32. The van der Waals surface area contributed by atoms with Crippen LogP contribution in [0.2, 0.25) is 0 Å². The van der Waals surface area contributed by atoms with E-state index in [9.17, 15) is 18.3 Å². The van der Waals surface area contributed by atoms with Crippen molar-refractivity contribution >= 4 is 0 Å². The number of hydrogen-bond acceptors (Lipinski definition) is 1. The van der Waals surface area contributed by atoms with Crippen molar-refractivity contribution < 1.29 is 18.3 Å². The highest BCUT2D eigenvalue weighted by molar-refractivity contribution is 5.26. The second-order valence-electron chi connectivity index (χ2n) is 3.65. The molecule has 1 rings (SSSR count). The molecule has 0 saturated carbocycles. The molecule has 0 aromatic heterocycles. The van der Waals surface area contributed by atoms with Crippen LogP contribution < -0.4 is 0 Å². The molecule has 1 aromatic rings. The van der Waals surface area contributed by atoms with E-state index in [1.807, 2.05) is 0 Å². The highest BCUT2D eigenvalue weighted by Crippen LogP contribution is 2.44. The zero-order chi connectivity index (χ0) is 12.4. The molecule has 0 aliphatic heterocycles. The maximum atomic E-state index is 12.9. The van der Waals surface area contributed by atoms with Gasteiger partial charge >= 0.3 is 6.18 Å². The van der Waals surface area contributed by atoms with Gasteiger partial charge in [-0.05, 0) is 5.56 Å². The molecule has 88 valence electrons. The molecular weight excluding hydrogens is 217 g/mol. The summed E-state index contributed by atoms with van der Waals surface area (Å²) in [7, 11) is 0. The Morgan fingerprint density at radius 2 is 1.75 bits per heavy atom. The third-order valence-corrected chi connectivity index (χ3v) is 2.66. The van der Waals surface area contributed by atoms with Crippen LogP contribution in [0.15, 0.2) is 43.0 Å². The number of alkyl halides is 3. The van der Waals surface area contributed by atoms with Gasteiger partial charge in [0.1, 0.15) is 0 Å². The molecule has 0 unspecified atom stereocenters. The van der Waals surface area contributed by atoms with Crippen LogP contribution in [0.25, 0.3) is 0 Å². The molecule has 0 spiro atoms. The Morgan fingerprint density at radius 1 is 1.25 bits per heavy atom. The Morgan fingerprint density at radius 3 is 2.12 bits per heavy atom. The van der Waals surface area contributed by atoms with Crippen molar-refractivity contribution in [2.75, 3.05) is 0 Å². The van der Waals surface area contributed by atoms with E-state index in [-0.39, 0.29) is 5.56 Å². The molecule has 0 saturated heterocycles. The molecule has 16 heavy (non-hydrogen) atoms. The summed E-state index contributed by atoms with van der Waals surface area (Å²) in [5, 5.41) is 9.89. The van der Waals surface area contributed by atoms with Crippen molar-refractivity contribution in [1.29, 1.82) is 0 Å². The van der Waals surface area contributed by atoms with Crippen LogP contribution in [0.1, 0.15) is 12.5 Å². The summed E-state index contributed by atoms with van der Waals surface area (Å²) < 4.78 is 38.8. The van der Waals surface area contributed by atoms with Crippen LogP contribution in [0.4, 0.5) is 13.2 Å². The molecular formula is C12H13F3O. The molecule has 0 amide bonds. The zero-order valence-electron chi connectivity index (χ0n) is 8.83. The largest absolute Gasteiger partial charge is 0.422 e. The van der Waals surface area contributed by atoms with E-state index in [1.54, 1.807) is 6.07 Å². The number of hydrogen-bond donors (Lipinski definition) is 1. The lowest BCUT2D eigenvalue weighted by Gasteiger charge is -2.34. The van der Waals surface area contributed by atoms with Crippen LogP contribution in [0.5, 0.6) is 0 Å². The van der Waals surface area contributed by atoms with Crippen molar-refractivity contribution in [3.63, 3.8) is 0 Å². The first-order valence-electron chi connectivity index (χ1n) is 4.81. The summed E-state index contributed by atoms with van der Waals surface area (Å²) in [6, 6.07) is 7.03. The molecule has 1 aromatic carbocycles. The van der Waals surface area contributed by atoms with E-state index in [0.717, 1.165) is 6.08 Å². The van der Waals surface area contributed by atoms with Crippen molar-refractivity contribution in [2.24, 2.45) is 5.92 Å². The normalized spacial score (nSPS) is 17.6. The van der Waals surface area contributed by atoms with Gasteiger partial charge in [-0.25, -0.2) is 0 Å². The summed E-state index contributed by atoms with van der Waals surface area (Å²) in [6.07, 6.45) is -3.64. The van der Waals surface area contributed by atoms with Crippen molar-refractivity contribution in [2.45, 2.75) is 18.7 Å². The summed E-state index contributed by atoms with van der Waals surface area (Å²) in [5.41, 5.74) is -3.05. The summed E-state index contributed by atoms with van der Waals surface area (Å²) in [4.78, 5) is 0. The number of rotatable bonds is 3. The molecule has 0 aliphatic carbocycles. The summed E-state index contributed by atoms with van der Waals surface area (Å²) in [6.45, 7) is 4.59. The molecule has 0 fully saturated rings. The first-order valence-corrected chi connectivity index (χ1v) is 4.81. The second kappa shape index (κ2) is 4.29. The molecule has 1 nitrogen and oxygen atoms in total. The standard InChI is InChI=1S/C12H13F3O/c1-3-9(2)11(16,12(13,14)15)10-7-5-4-6-8-10/h3-9,16H,1H2,2H3/t9-,11+/m0/s1. The van der Waals surface area contributed by atoms with Crippen LogP contribution in [0.3, 0.4) is 0 Å². The van der Waals surface area contributed by atoms with E-state index in [2.05, 4.69) is 6.58 Å². The molecule has 0 heterocycles. The van der Waals surface area contributed by atoms with E-state index in [4.69, 9.17) is 0 Å². The van der Waals surface area contributed by atoms with Crippen LogP contribution in [-0.2, 0) is 5.60 Å². The average Bonchev–Trinajstić information content (AvgIpc) is 2.26.